The van der Waals surface area contributed by atoms with Crippen LogP contribution >= 0.6 is 0 Å². The van der Waals surface area contributed by atoms with Gasteiger partial charge in [-0.3, -0.25) is 9.12 Å². The maximum absolute atomic E-state index is 12.9. The summed E-state index contributed by atoms with van der Waals surface area (Å²) in [6.45, 7) is 0.162. The highest BCUT2D eigenvalue weighted by molar-refractivity contribution is 7.92. The number of benzene rings is 2. The Morgan fingerprint density at radius 3 is 2.61 bits per heavy atom. The van der Waals surface area contributed by atoms with Crippen LogP contribution in [0.4, 0.5) is 5.69 Å². The molecular weight excluding hydrogens is 420 g/mol. The first-order chi connectivity index (χ1) is 14.9. The summed E-state index contributed by atoms with van der Waals surface area (Å²) in [4.78, 5) is 24.2. The standard InChI is InChI=1S/C21H18N4O5S/c1-30-20(26)17-9-2-3-10-18(17)31(28,29)23-16-8-6-7-15(13-16)14-25-21(27)24-12-5-4-11-19(24)22-25/h2-13,23H,14H2,1H3. The maximum atomic E-state index is 12.9. The summed E-state index contributed by atoms with van der Waals surface area (Å²) in [6, 6.07) is 17.6. The molecule has 31 heavy (non-hydrogen) atoms. The van der Waals surface area contributed by atoms with Gasteiger partial charge in [0.1, 0.15) is 4.90 Å². The molecule has 0 aliphatic carbocycles. The third-order valence-corrected chi connectivity index (χ3v) is 6.02. The Bertz CT molecular complexity index is 1440. The van der Waals surface area contributed by atoms with Gasteiger partial charge < -0.3 is 4.74 Å². The molecule has 10 heteroatoms. The van der Waals surface area contributed by atoms with Crippen LogP contribution in [0, 0.1) is 0 Å². The zero-order valence-electron chi connectivity index (χ0n) is 16.4. The van der Waals surface area contributed by atoms with Crippen molar-refractivity contribution in [2.75, 3.05) is 11.8 Å². The lowest BCUT2D eigenvalue weighted by Crippen LogP contribution is -2.21. The molecular formula is C21H18N4O5S. The second kappa shape index (κ2) is 8.07. The number of sulfonamides is 1. The SMILES string of the molecule is COC(=O)c1ccccc1S(=O)(=O)Nc1cccc(Cn2nc3ccccn3c2=O)c1. The number of esters is 1. The number of methoxy groups -OCH3 is 1. The minimum Gasteiger partial charge on any atom is -0.465 e. The first-order valence-corrected chi connectivity index (χ1v) is 10.7. The summed E-state index contributed by atoms with van der Waals surface area (Å²) in [6.07, 6.45) is 1.63. The zero-order valence-corrected chi connectivity index (χ0v) is 17.2. The monoisotopic (exact) mass is 438 g/mol. The molecule has 0 radical (unpaired) electrons. The molecule has 0 aliphatic heterocycles. The Hall–Kier alpha value is -3.92. The fraction of sp³-hybridized carbons (Fsp3) is 0.0952. The molecule has 2 aromatic heterocycles. The van der Waals surface area contributed by atoms with Crippen molar-refractivity contribution >= 4 is 27.3 Å². The van der Waals surface area contributed by atoms with Crippen molar-refractivity contribution < 1.29 is 17.9 Å². The number of nitrogens with one attached hydrogen (secondary N) is 1. The number of carbonyl (C=O) groups is 1. The van der Waals surface area contributed by atoms with Crippen LogP contribution in [0.3, 0.4) is 0 Å². The Labute approximate surface area is 177 Å². The second-order valence-electron chi connectivity index (χ2n) is 6.66. The number of hydrogen-bond donors (Lipinski definition) is 1. The summed E-state index contributed by atoms with van der Waals surface area (Å²) in [7, 11) is -2.87. The Balaban J connectivity index is 1.62. The van der Waals surface area contributed by atoms with Crippen molar-refractivity contribution in [3.63, 3.8) is 0 Å². The molecule has 0 fully saturated rings. The molecule has 4 rings (SSSR count). The number of carbonyl (C=O) groups excluding carboxylic acids is 1. The first kappa shape index (κ1) is 20.4. The number of hydrogen-bond acceptors (Lipinski definition) is 6. The molecule has 9 nitrogen and oxygen atoms in total. The Morgan fingerprint density at radius 2 is 1.84 bits per heavy atom. The fourth-order valence-corrected chi connectivity index (χ4v) is 4.41. The average Bonchev–Trinajstić information content (AvgIpc) is 3.08. The van der Waals surface area contributed by atoms with Gasteiger partial charge in [-0.25, -0.2) is 22.7 Å². The molecule has 158 valence electrons. The van der Waals surface area contributed by atoms with Crippen molar-refractivity contribution in [3.05, 3.63) is 94.5 Å². The van der Waals surface area contributed by atoms with E-state index in [4.69, 9.17) is 0 Å². The van der Waals surface area contributed by atoms with E-state index in [0.29, 0.717) is 11.2 Å². The van der Waals surface area contributed by atoms with E-state index in [2.05, 4.69) is 14.6 Å². The van der Waals surface area contributed by atoms with Crippen molar-refractivity contribution in [2.24, 2.45) is 0 Å². The smallest absolute Gasteiger partial charge is 0.350 e. The normalized spacial score (nSPS) is 11.4. The summed E-state index contributed by atoms with van der Waals surface area (Å²) < 4.78 is 35.7. The van der Waals surface area contributed by atoms with E-state index in [1.807, 2.05) is 0 Å². The quantitative estimate of drug-likeness (QED) is 0.462. The van der Waals surface area contributed by atoms with Crippen LogP contribution in [0.2, 0.25) is 0 Å². The summed E-state index contributed by atoms with van der Waals surface area (Å²) in [5, 5.41) is 4.28. The first-order valence-electron chi connectivity index (χ1n) is 9.22. The molecule has 0 spiro atoms. The summed E-state index contributed by atoms with van der Waals surface area (Å²) in [5.41, 5.74) is 1.11. The van der Waals surface area contributed by atoms with Crippen LogP contribution in [0.5, 0.6) is 0 Å². The molecule has 4 aromatic rings. The minimum absolute atomic E-state index is 0.0649. The van der Waals surface area contributed by atoms with Gasteiger partial charge in [-0.2, -0.15) is 0 Å². The second-order valence-corrected chi connectivity index (χ2v) is 8.31. The van der Waals surface area contributed by atoms with E-state index >= 15 is 0 Å². The fourth-order valence-electron chi connectivity index (χ4n) is 3.17. The number of aromatic nitrogens is 3. The van der Waals surface area contributed by atoms with Gasteiger partial charge in [0, 0.05) is 11.9 Å². The van der Waals surface area contributed by atoms with Gasteiger partial charge in [-0.15, -0.1) is 5.10 Å². The predicted molar refractivity (Wildman–Crippen MR) is 114 cm³/mol. The Morgan fingerprint density at radius 1 is 1.06 bits per heavy atom. The third kappa shape index (κ3) is 4.05. The number of pyridine rings is 1. The lowest BCUT2D eigenvalue weighted by molar-refractivity contribution is 0.0596. The third-order valence-electron chi connectivity index (χ3n) is 4.58. The molecule has 0 aliphatic rings. The number of fused-ring (bicyclic) bond motifs is 1. The lowest BCUT2D eigenvalue weighted by atomic mass is 10.2. The number of rotatable bonds is 6. The summed E-state index contributed by atoms with van der Waals surface area (Å²) >= 11 is 0. The highest BCUT2D eigenvalue weighted by atomic mass is 32.2. The van der Waals surface area contributed by atoms with Crippen LogP contribution in [0.1, 0.15) is 15.9 Å². The number of ether oxygens (including phenoxy) is 1. The highest BCUT2D eigenvalue weighted by Crippen LogP contribution is 2.21. The number of anilines is 1. The minimum atomic E-state index is -4.06. The van der Waals surface area contributed by atoms with E-state index in [1.165, 1.54) is 34.4 Å². The van der Waals surface area contributed by atoms with Gasteiger partial charge in [0.05, 0.1) is 19.2 Å². The van der Waals surface area contributed by atoms with Crippen molar-refractivity contribution in [1.82, 2.24) is 14.2 Å². The largest absolute Gasteiger partial charge is 0.465 e. The molecule has 0 atom stereocenters. The molecule has 0 amide bonds. The van der Waals surface area contributed by atoms with Gasteiger partial charge in [-0.05, 0) is 42.0 Å². The topological polar surface area (TPSA) is 112 Å². The van der Waals surface area contributed by atoms with Crippen molar-refractivity contribution in [2.45, 2.75) is 11.4 Å². The van der Waals surface area contributed by atoms with Gasteiger partial charge in [0.15, 0.2) is 5.65 Å². The van der Waals surface area contributed by atoms with Crippen LogP contribution in [0.15, 0.2) is 82.6 Å². The maximum Gasteiger partial charge on any atom is 0.350 e. The van der Waals surface area contributed by atoms with Gasteiger partial charge in [-0.1, -0.05) is 30.3 Å². The van der Waals surface area contributed by atoms with Crippen LogP contribution in [-0.2, 0) is 21.3 Å². The zero-order chi connectivity index (χ0) is 22.0. The predicted octanol–water partition coefficient (Wildman–Crippen LogP) is 2.13. The van der Waals surface area contributed by atoms with Crippen molar-refractivity contribution in [3.8, 4) is 0 Å². The molecule has 2 aromatic carbocycles. The number of nitrogens with zero attached hydrogens (tertiary/aromatic N) is 3. The van der Waals surface area contributed by atoms with Crippen LogP contribution in [-0.4, -0.2) is 35.7 Å². The van der Waals surface area contributed by atoms with Crippen LogP contribution in [0.25, 0.3) is 5.65 Å². The molecule has 0 bridgehead atoms. The van der Waals surface area contributed by atoms with Gasteiger partial charge in [0.2, 0.25) is 0 Å². The highest BCUT2D eigenvalue weighted by Gasteiger charge is 2.22. The van der Waals surface area contributed by atoms with E-state index in [-0.39, 0.29) is 28.4 Å². The van der Waals surface area contributed by atoms with Gasteiger partial charge >= 0.3 is 11.7 Å². The van der Waals surface area contributed by atoms with Crippen LogP contribution < -0.4 is 10.4 Å². The summed E-state index contributed by atoms with van der Waals surface area (Å²) in [5.74, 6) is -0.749. The lowest BCUT2D eigenvalue weighted by Gasteiger charge is -2.12. The molecule has 2 heterocycles. The van der Waals surface area contributed by atoms with E-state index in [1.54, 1.807) is 54.7 Å². The molecule has 0 unspecified atom stereocenters. The Kier molecular flexibility index (Phi) is 5.30. The van der Waals surface area contributed by atoms with Gasteiger partial charge in [0.25, 0.3) is 10.0 Å². The molecule has 1 N–H and O–H groups in total. The van der Waals surface area contributed by atoms with Crippen molar-refractivity contribution in [1.29, 1.82) is 0 Å². The molecule has 0 saturated carbocycles. The molecule has 0 saturated heterocycles. The van der Waals surface area contributed by atoms with E-state index in [9.17, 15) is 18.0 Å². The average molecular weight is 438 g/mol. The van der Waals surface area contributed by atoms with E-state index in [0.717, 1.165) is 0 Å². The van der Waals surface area contributed by atoms with E-state index < -0.39 is 16.0 Å².